The minimum absolute atomic E-state index is 0.327. The van der Waals surface area contributed by atoms with Crippen LogP contribution in [-0.2, 0) is 14.8 Å². The van der Waals surface area contributed by atoms with Crippen LogP contribution in [-0.4, -0.2) is 58.4 Å². The molecule has 0 saturated heterocycles. The van der Waals surface area contributed by atoms with E-state index < -0.39 is 16.1 Å². The minimum atomic E-state index is -3.68. The van der Waals surface area contributed by atoms with Crippen LogP contribution < -0.4 is 19.1 Å². The van der Waals surface area contributed by atoms with Crippen LogP contribution >= 0.6 is 11.8 Å². The van der Waals surface area contributed by atoms with Gasteiger partial charge in [0.1, 0.15) is 6.04 Å². The summed E-state index contributed by atoms with van der Waals surface area (Å²) in [5, 5.41) is 3.55. The van der Waals surface area contributed by atoms with Crippen molar-refractivity contribution in [3.05, 3.63) is 18.2 Å². The van der Waals surface area contributed by atoms with E-state index in [2.05, 4.69) is 5.32 Å². The van der Waals surface area contributed by atoms with E-state index in [1.165, 1.54) is 39.9 Å². The molecule has 1 aliphatic carbocycles. The largest absolute Gasteiger partial charge is 0.493 e. The Labute approximate surface area is 172 Å². The fourth-order valence-electron chi connectivity index (χ4n) is 3.37. The molecule has 7 nitrogen and oxygen atoms in total. The first-order valence-corrected chi connectivity index (χ1v) is 12.3. The maximum Gasteiger partial charge on any atom is 0.243 e. The molecule has 1 N–H and O–H groups in total. The average Bonchev–Trinajstić information content (AvgIpc) is 3.17. The Bertz CT molecular complexity index is 764. The molecule has 1 aromatic carbocycles. The number of ether oxygens (including phenoxy) is 2. The zero-order valence-corrected chi connectivity index (χ0v) is 18.6. The molecule has 0 heterocycles. The molecule has 1 aliphatic rings. The second kappa shape index (κ2) is 10.2. The summed E-state index contributed by atoms with van der Waals surface area (Å²) in [6, 6.07) is 3.89. The SMILES string of the molecule is COc1ccc(N(C(C)C(=O)NCCSC2CCCC2)S(C)(=O)=O)cc1OC. The number of methoxy groups -OCH3 is 2. The molecular formula is C19H30N2O5S2. The van der Waals surface area contributed by atoms with E-state index >= 15 is 0 Å². The highest BCUT2D eigenvalue weighted by Gasteiger charge is 2.29. The normalized spacial score (nSPS) is 15.9. The minimum Gasteiger partial charge on any atom is -0.493 e. The quantitative estimate of drug-likeness (QED) is 0.575. The number of thioether (sulfide) groups is 1. The van der Waals surface area contributed by atoms with Crippen molar-refractivity contribution in [1.29, 1.82) is 0 Å². The van der Waals surface area contributed by atoms with E-state index in [0.717, 1.165) is 16.3 Å². The predicted octanol–water partition coefficient (Wildman–Crippen LogP) is 2.65. The fourth-order valence-corrected chi connectivity index (χ4v) is 5.76. The van der Waals surface area contributed by atoms with Crippen molar-refractivity contribution in [3.63, 3.8) is 0 Å². The van der Waals surface area contributed by atoms with Crippen molar-refractivity contribution in [1.82, 2.24) is 5.32 Å². The first kappa shape index (κ1) is 22.7. The Balaban J connectivity index is 2.06. The van der Waals surface area contributed by atoms with Gasteiger partial charge in [-0.05, 0) is 31.9 Å². The number of rotatable bonds is 10. The van der Waals surface area contributed by atoms with Gasteiger partial charge in [-0.15, -0.1) is 0 Å². The molecule has 1 fully saturated rings. The molecule has 158 valence electrons. The van der Waals surface area contributed by atoms with Gasteiger partial charge >= 0.3 is 0 Å². The van der Waals surface area contributed by atoms with Crippen molar-refractivity contribution in [2.75, 3.05) is 37.1 Å². The highest BCUT2D eigenvalue weighted by molar-refractivity contribution is 7.99. The van der Waals surface area contributed by atoms with Crippen molar-refractivity contribution in [3.8, 4) is 11.5 Å². The Kier molecular flexibility index (Phi) is 8.30. The van der Waals surface area contributed by atoms with Gasteiger partial charge in [-0.2, -0.15) is 11.8 Å². The summed E-state index contributed by atoms with van der Waals surface area (Å²) in [5.41, 5.74) is 0.350. The van der Waals surface area contributed by atoms with Gasteiger partial charge in [0.05, 0.1) is 26.2 Å². The third-order valence-electron chi connectivity index (χ3n) is 4.77. The smallest absolute Gasteiger partial charge is 0.243 e. The molecule has 9 heteroatoms. The van der Waals surface area contributed by atoms with Crippen LogP contribution in [0.4, 0.5) is 5.69 Å². The summed E-state index contributed by atoms with van der Waals surface area (Å²) in [6.07, 6.45) is 6.15. The number of carbonyl (C=O) groups is 1. The Morgan fingerprint density at radius 2 is 1.89 bits per heavy atom. The molecule has 1 amide bonds. The highest BCUT2D eigenvalue weighted by Crippen LogP contribution is 2.33. The molecule has 1 unspecified atom stereocenters. The zero-order chi connectivity index (χ0) is 20.7. The van der Waals surface area contributed by atoms with Gasteiger partial charge < -0.3 is 14.8 Å². The van der Waals surface area contributed by atoms with Gasteiger partial charge in [0.2, 0.25) is 15.9 Å². The van der Waals surface area contributed by atoms with Crippen LogP contribution in [0.1, 0.15) is 32.6 Å². The summed E-state index contributed by atoms with van der Waals surface area (Å²) in [5.74, 6) is 1.39. The van der Waals surface area contributed by atoms with Crippen molar-refractivity contribution < 1.29 is 22.7 Å². The van der Waals surface area contributed by atoms with Crippen molar-refractivity contribution in [2.45, 2.75) is 43.9 Å². The lowest BCUT2D eigenvalue weighted by atomic mass is 10.2. The maximum absolute atomic E-state index is 12.6. The Morgan fingerprint density at radius 3 is 2.46 bits per heavy atom. The van der Waals surface area contributed by atoms with Gasteiger partial charge in [0.15, 0.2) is 11.5 Å². The van der Waals surface area contributed by atoms with Crippen LogP contribution in [0.15, 0.2) is 18.2 Å². The molecular weight excluding hydrogens is 400 g/mol. The molecule has 1 atom stereocenters. The standard InChI is InChI=1S/C19H30N2O5S2/c1-14(19(22)20-11-12-27-16-7-5-6-8-16)21(28(4,23)24)15-9-10-17(25-2)18(13-15)26-3/h9-10,13-14,16H,5-8,11-12H2,1-4H3,(H,20,22). The monoisotopic (exact) mass is 430 g/mol. The Morgan fingerprint density at radius 1 is 1.25 bits per heavy atom. The van der Waals surface area contributed by atoms with Crippen molar-refractivity contribution in [2.24, 2.45) is 0 Å². The van der Waals surface area contributed by atoms with E-state index in [9.17, 15) is 13.2 Å². The first-order valence-electron chi connectivity index (χ1n) is 9.38. The number of anilines is 1. The second-order valence-electron chi connectivity index (χ2n) is 6.84. The highest BCUT2D eigenvalue weighted by atomic mass is 32.2. The molecule has 0 spiro atoms. The van der Waals surface area contributed by atoms with Gasteiger partial charge in [-0.3, -0.25) is 9.10 Å². The van der Waals surface area contributed by atoms with E-state index in [1.807, 2.05) is 11.8 Å². The predicted molar refractivity (Wildman–Crippen MR) is 114 cm³/mol. The first-order chi connectivity index (χ1) is 13.3. The van der Waals surface area contributed by atoms with Gasteiger partial charge in [0.25, 0.3) is 0 Å². The zero-order valence-electron chi connectivity index (χ0n) is 16.9. The number of carbonyl (C=O) groups excluding carboxylic acids is 1. The molecule has 0 aromatic heterocycles. The van der Waals surface area contributed by atoms with Crippen LogP contribution in [0.3, 0.4) is 0 Å². The van der Waals surface area contributed by atoms with E-state index in [1.54, 1.807) is 25.1 Å². The molecule has 0 radical (unpaired) electrons. The molecule has 1 saturated carbocycles. The number of amides is 1. The van der Waals surface area contributed by atoms with Crippen LogP contribution in [0.5, 0.6) is 11.5 Å². The maximum atomic E-state index is 12.6. The average molecular weight is 431 g/mol. The number of nitrogens with one attached hydrogen (secondary N) is 1. The van der Waals surface area contributed by atoms with E-state index in [4.69, 9.17) is 9.47 Å². The van der Waals surface area contributed by atoms with Crippen LogP contribution in [0, 0.1) is 0 Å². The van der Waals surface area contributed by atoms with Gasteiger partial charge in [0, 0.05) is 23.6 Å². The van der Waals surface area contributed by atoms with Crippen LogP contribution in [0.2, 0.25) is 0 Å². The van der Waals surface area contributed by atoms with Crippen LogP contribution in [0.25, 0.3) is 0 Å². The molecule has 0 bridgehead atoms. The number of sulfonamides is 1. The summed E-state index contributed by atoms with van der Waals surface area (Å²) in [4.78, 5) is 12.6. The Hall–Kier alpha value is -1.61. The molecule has 1 aromatic rings. The van der Waals surface area contributed by atoms with Gasteiger partial charge in [-0.25, -0.2) is 8.42 Å². The lowest BCUT2D eigenvalue weighted by Gasteiger charge is -2.28. The summed E-state index contributed by atoms with van der Waals surface area (Å²) >= 11 is 1.88. The topological polar surface area (TPSA) is 84.9 Å². The molecule has 0 aliphatic heterocycles. The molecule has 28 heavy (non-hydrogen) atoms. The third kappa shape index (κ3) is 5.94. The van der Waals surface area contributed by atoms with Crippen molar-refractivity contribution >= 4 is 33.4 Å². The van der Waals surface area contributed by atoms with E-state index in [0.29, 0.717) is 29.0 Å². The number of hydrogen-bond donors (Lipinski definition) is 1. The van der Waals surface area contributed by atoms with Gasteiger partial charge in [-0.1, -0.05) is 12.8 Å². The van der Waals surface area contributed by atoms with E-state index in [-0.39, 0.29) is 5.91 Å². The molecule has 2 rings (SSSR count). The number of hydrogen-bond acceptors (Lipinski definition) is 6. The third-order valence-corrected chi connectivity index (χ3v) is 7.39. The lowest BCUT2D eigenvalue weighted by molar-refractivity contribution is -0.121. The summed E-state index contributed by atoms with van der Waals surface area (Å²) in [7, 11) is -0.697. The number of benzene rings is 1. The number of nitrogens with zero attached hydrogens (tertiary/aromatic N) is 1. The lowest BCUT2D eigenvalue weighted by Crippen LogP contribution is -2.48. The summed E-state index contributed by atoms with van der Waals surface area (Å²) in [6.45, 7) is 2.10. The fraction of sp³-hybridized carbons (Fsp3) is 0.632. The summed E-state index contributed by atoms with van der Waals surface area (Å²) < 4.78 is 36.4. The second-order valence-corrected chi connectivity index (χ2v) is 10.1.